The van der Waals surface area contributed by atoms with E-state index in [4.69, 9.17) is 27.9 Å². The molecule has 4 rings (SSSR count). The molecule has 1 spiro atoms. The summed E-state index contributed by atoms with van der Waals surface area (Å²) in [5, 5.41) is 4.29. The number of amides is 1. The maximum absolute atomic E-state index is 12.8. The van der Waals surface area contributed by atoms with Gasteiger partial charge in [0.05, 0.1) is 16.1 Å². The number of aromatic nitrogens is 1. The predicted molar refractivity (Wildman–Crippen MR) is 161 cm³/mol. The Labute approximate surface area is 249 Å². The SMILES string of the molecule is C=N/C(=C(/C=O)N=C(C)Sc1ccnc(Cl)c1Cl)N1CCC2(CC1)Cc1ccccc1[C@H]2NC(=O)OC(C)(C)C. The molecule has 1 aliphatic carbocycles. The summed E-state index contributed by atoms with van der Waals surface area (Å²) < 4.78 is 5.60. The highest BCUT2D eigenvalue weighted by molar-refractivity contribution is 8.14. The number of carbonyl (C=O) groups is 2. The Bertz CT molecular complexity index is 1360. The lowest BCUT2D eigenvalue weighted by molar-refractivity contribution is -0.105. The smallest absolute Gasteiger partial charge is 0.408 e. The molecule has 1 N–H and O–H groups in total. The van der Waals surface area contributed by atoms with Gasteiger partial charge >= 0.3 is 6.09 Å². The molecule has 1 saturated heterocycles. The van der Waals surface area contributed by atoms with Crippen LogP contribution in [0.2, 0.25) is 10.2 Å². The standard InChI is InChI=1S/C29H33Cl2N5O3S/c1-18(40-22-10-13-33-25(31)23(22)30)34-21(17-37)26(32-5)36-14-11-29(12-15-36)16-19-8-6-7-9-20(19)24(29)35-27(38)39-28(2,3)4/h6-10,13,17,24H,5,11-12,14-16H2,1-4H3,(H,35,38)/b26-21+,34-18?/t24-/m1/s1. The molecule has 0 saturated carbocycles. The lowest BCUT2D eigenvalue weighted by Gasteiger charge is -2.44. The maximum Gasteiger partial charge on any atom is 0.408 e. The number of benzene rings is 1. The molecule has 1 aliphatic heterocycles. The zero-order valence-corrected chi connectivity index (χ0v) is 25.4. The van der Waals surface area contributed by atoms with Gasteiger partial charge in [-0.25, -0.2) is 19.8 Å². The van der Waals surface area contributed by atoms with Crippen LogP contribution in [0, 0.1) is 5.41 Å². The van der Waals surface area contributed by atoms with Crippen molar-refractivity contribution in [3.8, 4) is 0 Å². The highest BCUT2D eigenvalue weighted by atomic mass is 35.5. The Morgan fingerprint density at radius 2 is 1.95 bits per heavy atom. The number of carbonyl (C=O) groups excluding carboxylic acids is 2. The summed E-state index contributed by atoms with van der Waals surface area (Å²) in [6.45, 7) is 12.3. The van der Waals surface area contributed by atoms with Gasteiger partial charge < -0.3 is 15.0 Å². The van der Waals surface area contributed by atoms with E-state index in [1.54, 1.807) is 19.2 Å². The number of pyridine rings is 1. The number of hydrogen-bond donors (Lipinski definition) is 1. The number of thioether (sulfide) groups is 1. The second-order valence-corrected chi connectivity index (χ2v) is 12.9. The van der Waals surface area contributed by atoms with Gasteiger partial charge in [0.25, 0.3) is 0 Å². The molecule has 1 aromatic heterocycles. The monoisotopic (exact) mass is 601 g/mol. The van der Waals surface area contributed by atoms with Gasteiger partial charge in [0.2, 0.25) is 0 Å². The first kappa shape index (κ1) is 30.1. The zero-order valence-electron chi connectivity index (χ0n) is 23.0. The van der Waals surface area contributed by atoms with Crippen molar-refractivity contribution >= 4 is 59.1 Å². The summed E-state index contributed by atoms with van der Waals surface area (Å²) in [4.78, 5) is 40.4. The third-order valence-electron chi connectivity index (χ3n) is 7.08. The van der Waals surface area contributed by atoms with Crippen molar-refractivity contribution < 1.29 is 14.3 Å². The zero-order chi connectivity index (χ0) is 29.1. The number of aldehydes is 1. The van der Waals surface area contributed by atoms with Crippen molar-refractivity contribution in [2.45, 2.75) is 63.5 Å². The number of nitrogens with one attached hydrogen (secondary N) is 1. The Hall–Kier alpha value is -2.88. The fourth-order valence-corrected chi connectivity index (χ4v) is 6.60. The lowest BCUT2D eigenvalue weighted by Crippen LogP contribution is -2.47. The first-order chi connectivity index (χ1) is 19.0. The van der Waals surface area contributed by atoms with E-state index in [0.717, 1.165) is 24.8 Å². The Morgan fingerprint density at radius 3 is 2.60 bits per heavy atom. The predicted octanol–water partition coefficient (Wildman–Crippen LogP) is 6.87. The van der Waals surface area contributed by atoms with Crippen LogP contribution in [0.1, 0.15) is 57.7 Å². The third kappa shape index (κ3) is 6.70. The average molecular weight is 603 g/mol. The fourth-order valence-electron chi connectivity index (χ4n) is 5.38. The number of halogens is 2. The minimum atomic E-state index is -0.592. The molecule has 8 nitrogen and oxygen atoms in total. The quantitative estimate of drug-likeness (QED) is 0.0968. The van der Waals surface area contributed by atoms with Crippen LogP contribution in [-0.4, -0.2) is 52.7 Å². The van der Waals surface area contributed by atoms with Gasteiger partial charge in [-0.1, -0.05) is 59.2 Å². The normalized spacial score (nSPS) is 19.1. The number of nitrogens with zero attached hydrogens (tertiary/aromatic N) is 4. The summed E-state index contributed by atoms with van der Waals surface area (Å²) in [6, 6.07) is 9.79. The molecule has 1 aromatic carbocycles. The molecule has 0 bridgehead atoms. The van der Waals surface area contributed by atoms with Gasteiger partial charge in [-0.3, -0.25) is 4.79 Å². The van der Waals surface area contributed by atoms with Crippen LogP contribution in [0.15, 0.2) is 62.9 Å². The molecule has 2 aromatic rings. The van der Waals surface area contributed by atoms with E-state index < -0.39 is 11.7 Å². The lowest BCUT2D eigenvalue weighted by atomic mass is 9.72. The van der Waals surface area contributed by atoms with Crippen LogP contribution in [0.25, 0.3) is 0 Å². The maximum atomic E-state index is 12.8. The van der Waals surface area contributed by atoms with Gasteiger partial charge in [0.15, 0.2) is 12.1 Å². The Kier molecular flexibility index (Phi) is 9.27. The highest BCUT2D eigenvalue weighted by Gasteiger charge is 2.49. The van der Waals surface area contributed by atoms with Gasteiger partial charge in [-0.2, -0.15) is 0 Å². The van der Waals surface area contributed by atoms with Crippen molar-refractivity contribution in [3.05, 3.63) is 69.3 Å². The third-order valence-corrected chi connectivity index (χ3v) is 8.90. The summed E-state index contributed by atoms with van der Waals surface area (Å²) in [5.41, 5.74) is 1.77. The van der Waals surface area contributed by atoms with Crippen molar-refractivity contribution in [1.29, 1.82) is 0 Å². The number of allylic oxidation sites excluding steroid dienone is 1. The molecule has 40 heavy (non-hydrogen) atoms. The van der Waals surface area contributed by atoms with E-state index in [2.05, 4.69) is 39.1 Å². The van der Waals surface area contributed by atoms with E-state index in [-0.39, 0.29) is 22.3 Å². The molecule has 212 valence electrons. The number of ether oxygens (including phenoxy) is 1. The van der Waals surface area contributed by atoms with E-state index in [1.165, 1.54) is 17.3 Å². The molecule has 1 atom stereocenters. The molecule has 2 heterocycles. The number of fused-ring (bicyclic) bond motifs is 1. The van der Waals surface area contributed by atoms with Crippen LogP contribution >= 0.6 is 35.0 Å². The number of rotatable bonds is 6. The number of aliphatic imine (C=N–C) groups is 2. The van der Waals surface area contributed by atoms with Crippen LogP contribution < -0.4 is 5.32 Å². The fraction of sp³-hybridized carbons (Fsp3) is 0.414. The van der Waals surface area contributed by atoms with Crippen molar-refractivity contribution in [1.82, 2.24) is 15.2 Å². The van der Waals surface area contributed by atoms with Gasteiger partial charge in [-0.15, -0.1) is 0 Å². The molecule has 0 unspecified atom stereocenters. The minimum absolute atomic E-state index is 0.177. The molecule has 11 heteroatoms. The first-order valence-corrected chi connectivity index (χ1v) is 14.5. The first-order valence-electron chi connectivity index (χ1n) is 13.0. The number of hydrogen-bond acceptors (Lipinski definition) is 8. The van der Waals surface area contributed by atoms with E-state index in [0.29, 0.717) is 40.2 Å². The van der Waals surface area contributed by atoms with Crippen molar-refractivity contribution in [3.63, 3.8) is 0 Å². The summed E-state index contributed by atoms with van der Waals surface area (Å²) >= 11 is 13.6. The van der Waals surface area contributed by atoms with E-state index >= 15 is 0 Å². The van der Waals surface area contributed by atoms with Crippen LogP contribution in [0.5, 0.6) is 0 Å². The summed E-state index contributed by atoms with van der Waals surface area (Å²) in [7, 11) is 0. The van der Waals surface area contributed by atoms with Gasteiger partial charge in [0, 0.05) is 29.6 Å². The molecular formula is C29H33Cl2N5O3S. The van der Waals surface area contributed by atoms with Crippen LogP contribution in [0.4, 0.5) is 4.79 Å². The highest BCUT2D eigenvalue weighted by Crippen LogP contribution is 2.52. The van der Waals surface area contributed by atoms with Crippen LogP contribution in [0.3, 0.4) is 0 Å². The van der Waals surface area contributed by atoms with Crippen LogP contribution in [-0.2, 0) is 16.0 Å². The molecule has 1 fully saturated rings. The second kappa shape index (κ2) is 12.3. The van der Waals surface area contributed by atoms with Crippen molar-refractivity contribution in [2.75, 3.05) is 13.1 Å². The molecule has 0 radical (unpaired) electrons. The van der Waals surface area contributed by atoms with Crippen molar-refractivity contribution in [2.24, 2.45) is 15.4 Å². The number of likely N-dealkylation sites (tertiary alicyclic amines) is 1. The second-order valence-electron chi connectivity index (χ2n) is 10.9. The number of alkyl carbamates (subject to hydrolysis) is 1. The van der Waals surface area contributed by atoms with Gasteiger partial charge in [0.1, 0.15) is 16.5 Å². The average Bonchev–Trinajstić information content (AvgIpc) is 3.18. The minimum Gasteiger partial charge on any atom is -0.444 e. The summed E-state index contributed by atoms with van der Waals surface area (Å²) in [5.74, 6) is 0.427. The largest absolute Gasteiger partial charge is 0.444 e. The van der Waals surface area contributed by atoms with E-state index in [1.807, 2.05) is 37.8 Å². The van der Waals surface area contributed by atoms with E-state index in [9.17, 15) is 9.59 Å². The Morgan fingerprint density at radius 1 is 1.25 bits per heavy atom. The number of piperidine rings is 1. The molecule has 2 aliphatic rings. The summed E-state index contributed by atoms with van der Waals surface area (Å²) in [6.07, 6.45) is 4.23. The topological polar surface area (TPSA) is 96.3 Å². The Balaban J connectivity index is 1.54. The molecule has 1 amide bonds. The van der Waals surface area contributed by atoms with Gasteiger partial charge in [-0.05, 0) is 70.9 Å². The molecular weight excluding hydrogens is 569 g/mol.